The molecule has 29 heavy (non-hydrogen) atoms. The van der Waals surface area contributed by atoms with E-state index in [1.165, 1.54) is 6.20 Å². The maximum absolute atomic E-state index is 12.6. The van der Waals surface area contributed by atoms with Crippen LogP contribution in [0, 0.1) is 6.92 Å². The standard InChI is InChI=1S/C17H19ClF2N8O/c1-10-23-15-11(7-21-25(15)2)16(24-10)27-5-3-26(4-6-27)12-8-22-28(9-13(19)20)17(29)14(12)18/h7-8,13H,3-6,9H2,1-2H3. The van der Waals surface area contributed by atoms with Crippen molar-refractivity contribution in [3.8, 4) is 0 Å². The van der Waals surface area contributed by atoms with Crippen LogP contribution in [-0.2, 0) is 13.6 Å². The maximum atomic E-state index is 12.6. The molecule has 0 unspecified atom stereocenters. The fourth-order valence-electron chi connectivity index (χ4n) is 3.45. The Labute approximate surface area is 169 Å². The number of aromatic nitrogens is 6. The summed E-state index contributed by atoms with van der Waals surface area (Å²) in [5, 5.41) is 8.89. The van der Waals surface area contributed by atoms with E-state index in [0.29, 0.717) is 42.4 Å². The Morgan fingerprint density at radius 3 is 2.48 bits per heavy atom. The lowest BCUT2D eigenvalue weighted by molar-refractivity contribution is 0.119. The largest absolute Gasteiger partial charge is 0.365 e. The van der Waals surface area contributed by atoms with E-state index in [9.17, 15) is 13.6 Å². The number of hydrogen-bond acceptors (Lipinski definition) is 7. The van der Waals surface area contributed by atoms with Crippen molar-refractivity contribution in [3.63, 3.8) is 0 Å². The summed E-state index contributed by atoms with van der Waals surface area (Å²) in [4.78, 5) is 25.3. The lowest BCUT2D eigenvalue weighted by Crippen LogP contribution is -2.47. The smallest absolute Gasteiger partial charge is 0.287 e. The minimum Gasteiger partial charge on any atom is -0.365 e. The number of hydrogen-bond donors (Lipinski definition) is 0. The predicted octanol–water partition coefficient (Wildman–Crippen LogP) is 1.47. The number of rotatable bonds is 4. The van der Waals surface area contributed by atoms with Crippen LogP contribution in [0.15, 0.2) is 17.2 Å². The van der Waals surface area contributed by atoms with Gasteiger partial charge in [0.25, 0.3) is 12.0 Å². The van der Waals surface area contributed by atoms with E-state index in [0.717, 1.165) is 16.9 Å². The molecule has 0 aromatic carbocycles. The van der Waals surface area contributed by atoms with Gasteiger partial charge in [-0.25, -0.2) is 23.4 Å². The second kappa shape index (κ2) is 7.54. The van der Waals surface area contributed by atoms with Crippen molar-refractivity contribution in [2.24, 2.45) is 7.05 Å². The van der Waals surface area contributed by atoms with E-state index in [1.54, 1.807) is 10.9 Å². The van der Waals surface area contributed by atoms with Gasteiger partial charge in [0, 0.05) is 33.2 Å². The summed E-state index contributed by atoms with van der Waals surface area (Å²) in [5.74, 6) is 1.48. The van der Waals surface area contributed by atoms with Crippen LogP contribution >= 0.6 is 11.6 Å². The molecule has 154 valence electrons. The number of piperazine rings is 1. The third-order valence-electron chi connectivity index (χ3n) is 4.88. The molecule has 4 rings (SSSR count). The Balaban J connectivity index is 1.55. The van der Waals surface area contributed by atoms with Crippen molar-refractivity contribution in [3.05, 3.63) is 33.6 Å². The quantitative estimate of drug-likeness (QED) is 0.627. The fraction of sp³-hybridized carbons (Fsp3) is 0.471. The Hall–Kier alpha value is -2.82. The van der Waals surface area contributed by atoms with Crippen molar-refractivity contribution < 1.29 is 8.78 Å². The molecule has 12 heteroatoms. The van der Waals surface area contributed by atoms with Crippen molar-refractivity contribution in [2.75, 3.05) is 36.0 Å². The third-order valence-corrected chi connectivity index (χ3v) is 5.24. The average Bonchev–Trinajstić information content (AvgIpc) is 3.06. The van der Waals surface area contributed by atoms with Gasteiger partial charge < -0.3 is 9.80 Å². The highest BCUT2D eigenvalue weighted by Gasteiger charge is 2.24. The molecule has 4 heterocycles. The summed E-state index contributed by atoms with van der Waals surface area (Å²) in [6, 6.07) is 0. The highest BCUT2D eigenvalue weighted by atomic mass is 35.5. The summed E-state index contributed by atoms with van der Waals surface area (Å²) in [7, 11) is 1.84. The summed E-state index contributed by atoms with van der Waals surface area (Å²) < 4.78 is 27.5. The maximum Gasteiger partial charge on any atom is 0.287 e. The Morgan fingerprint density at radius 1 is 1.10 bits per heavy atom. The highest BCUT2D eigenvalue weighted by Crippen LogP contribution is 2.27. The van der Waals surface area contributed by atoms with E-state index in [4.69, 9.17) is 11.6 Å². The molecule has 3 aromatic rings. The topological polar surface area (TPSA) is 85.0 Å². The molecule has 0 aliphatic carbocycles. The zero-order chi connectivity index (χ0) is 20.7. The Morgan fingerprint density at radius 2 is 1.79 bits per heavy atom. The van der Waals surface area contributed by atoms with Gasteiger partial charge in [-0.15, -0.1) is 0 Å². The molecule has 1 aliphatic rings. The SMILES string of the molecule is Cc1nc(N2CCN(c3cnn(CC(F)F)c(=O)c3Cl)CC2)c2cnn(C)c2n1. The van der Waals surface area contributed by atoms with E-state index in [-0.39, 0.29) is 5.02 Å². The van der Waals surface area contributed by atoms with E-state index in [2.05, 4.69) is 25.1 Å². The summed E-state index contributed by atoms with van der Waals surface area (Å²) in [6.45, 7) is 3.48. The molecular formula is C17H19ClF2N8O. The van der Waals surface area contributed by atoms with Crippen LogP contribution < -0.4 is 15.4 Å². The van der Waals surface area contributed by atoms with Crippen molar-refractivity contribution in [1.82, 2.24) is 29.5 Å². The molecule has 1 saturated heterocycles. The van der Waals surface area contributed by atoms with Gasteiger partial charge in [-0.2, -0.15) is 10.2 Å². The van der Waals surface area contributed by atoms with Gasteiger partial charge in [-0.1, -0.05) is 11.6 Å². The number of fused-ring (bicyclic) bond motifs is 1. The molecule has 0 radical (unpaired) electrons. The van der Waals surface area contributed by atoms with Crippen LogP contribution in [0.25, 0.3) is 11.0 Å². The molecule has 0 bridgehead atoms. The van der Waals surface area contributed by atoms with Crippen LogP contribution in [-0.4, -0.2) is 62.1 Å². The fourth-order valence-corrected chi connectivity index (χ4v) is 3.72. The highest BCUT2D eigenvalue weighted by molar-refractivity contribution is 6.33. The predicted molar refractivity (Wildman–Crippen MR) is 105 cm³/mol. The van der Waals surface area contributed by atoms with Crippen LogP contribution in [0.2, 0.25) is 5.02 Å². The lowest BCUT2D eigenvalue weighted by atomic mass is 10.2. The molecule has 1 fully saturated rings. The zero-order valence-corrected chi connectivity index (χ0v) is 16.6. The number of nitrogens with zero attached hydrogens (tertiary/aromatic N) is 8. The van der Waals surface area contributed by atoms with Crippen LogP contribution in [0.3, 0.4) is 0 Å². The van der Waals surface area contributed by atoms with Gasteiger partial charge in [0.2, 0.25) is 0 Å². The average molecular weight is 425 g/mol. The number of halogens is 3. The number of aryl methyl sites for hydroxylation is 2. The van der Waals surface area contributed by atoms with Crippen molar-refractivity contribution >= 4 is 34.1 Å². The van der Waals surface area contributed by atoms with E-state index < -0.39 is 18.5 Å². The van der Waals surface area contributed by atoms with E-state index in [1.807, 2.05) is 18.9 Å². The molecule has 0 amide bonds. The number of anilines is 2. The Bertz CT molecular complexity index is 1110. The number of alkyl halides is 2. The molecule has 0 atom stereocenters. The Kier molecular flexibility index (Phi) is 5.07. The summed E-state index contributed by atoms with van der Waals surface area (Å²) >= 11 is 6.17. The molecule has 9 nitrogen and oxygen atoms in total. The molecular weight excluding hydrogens is 406 g/mol. The van der Waals surface area contributed by atoms with Crippen LogP contribution in [0.4, 0.5) is 20.3 Å². The first-order valence-electron chi connectivity index (χ1n) is 9.05. The molecule has 0 spiro atoms. The molecule has 3 aromatic heterocycles. The molecule has 1 aliphatic heterocycles. The second-order valence-electron chi connectivity index (χ2n) is 6.80. The minimum atomic E-state index is -2.67. The summed E-state index contributed by atoms with van der Waals surface area (Å²) in [6.07, 6.45) is 0.446. The monoisotopic (exact) mass is 424 g/mol. The first kappa shape index (κ1) is 19.5. The van der Waals surface area contributed by atoms with E-state index >= 15 is 0 Å². The lowest BCUT2D eigenvalue weighted by Gasteiger charge is -2.37. The van der Waals surface area contributed by atoms with Gasteiger partial charge in [0.05, 0.1) is 23.5 Å². The van der Waals surface area contributed by atoms with Crippen molar-refractivity contribution in [1.29, 1.82) is 0 Å². The first-order valence-corrected chi connectivity index (χ1v) is 9.43. The normalized spacial score (nSPS) is 15.0. The van der Waals surface area contributed by atoms with Gasteiger partial charge in [0.1, 0.15) is 23.2 Å². The second-order valence-corrected chi connectivity index (χ2v) is 7.17. The van der Waals surface area contributed by atoms with Crippen LogP contribution in [0.1, 0.15) is 5.82 Å². The van der Waals surface area contributed by atoms with Gasteiger partial charge in [0.15, 0.2) is 5.65 Å². The first-order chi connectivity index (χ1) is 13.8. The van der Waals surface area contributed by atoms with Gasteiger partial charge in [-0.3, -0.25) is 9.48 Å². The van der Waals surface area contributed by atoms with Crippen LogP contribution in [0.5, 0.6) is 0 Å². The zero-order valence-electron chi connectivity index (χ0n) is 15.9. The van der Waals surface area contributed by atoms with Crippen molar-refractivity contribution in [2.45, 2.75) is 19.9 Å². The minimum absolute atomic E-state index is 0.0957. The summed E-state index contributed by atoms with van der Waals surface area (Å²) in [5.41, 5.74) is 0.507. The molecule has 0 saturated carbocycles. The van der Waals surface area contributed by atoms with Gasteiger partial charge in [-0.05, 0) is 6.92 Å². The third kappa shape index (κ3) is 3.61. The van der Waals surface area contributed by atoms with Gasteiger partial charge >= 0.3 is 0 Å². The molecule has 0 N–H and O–H groups in total.